The number of Topliss-reactive ketones (excluding diaryl/α,β-unsaturated/α-hetero) is 1. The van der Waals surface area contributed by atoms with E-state index in [0.29, 0.717) is 17.8 Å². The molecule has 2 aliphatic rings. The molecule has 3 N–H and O–H groups in total. The van der Waals surface area contributed by atoms with Gasteiger partial charge in [-0.2, -0.15) is 0 Å². The summed E-state index contributed by atoms with van der Waals surface area (Å²) in [4.78, 5) is 38.2. The van der Waals surface area contributed by atoms with E-state index in [0.717, 1.165) is 0 Å². The van der Waals surface area contributed by atoms with Crippen molar-refractivity contribution in [1.29, 1.82) is 0 Å². The molecule has 0 aromatic heterocycles. The summed E-state index contributed by atoms with van der Waals surface area (Å²) in [5.41, 5.74) is 4.94. The van der Waals surface area contributed by atoms with Crippen molar-refractivity contribution in [3.63, 3.8) is 0 Å². The maximum absolute atomic E-state index is 13.5. The molecular weight excluding hydrogens is 471 g/mol. The topological polar surface area (TPSA) is 117 Å². The van der Waals surface area contributed by atoms with Gasteiger partial charge in [-0.1, -0.05) is 30.1 Å². The quantitative estimate of drug-likeness (QED) is 0.607. The highest BCUT2D eigenvalue weighted by Crippen LogP contribution is 2.53. The largest absolute Gasteiger partial charge is 0.496 e. The first-order chi connectivity index (χ1) is 15.6. The zero-order valence-corrected chi connectivity index (χ0v) is 19.5. The Hall–Kier alpha value is -3.23. The first-order valence-corrected chi connectivity index (χ1v) is 10.7. The van der Waals surface area contributed by atoms with Crippen molar-refractivity contribution in [1.82, 2.24) is 0 Å². The summed E-state index contributed by atoms with van der Waals surface area (Å²) in [5.74, 6) is -1.67. The van der Waals surface area contributed by atoms with E-state index in [1.807, 2.05) is 0 Å². The average Bonchev–Trinajstić information content (AvgIpc) is 3.07. The van der Waals surface area contributed by atoms with Gasteiger partial charge < -0.3 is 25.3 Å². The number of amides is 1. The second-order valence-electron chi connectivity index (χ2n) is 7.79. The first-order valence-electron chi connectivity index (χ1n) is 9.93. The number of carbonyl (C=O) groups is 3. The summed E-state index contributed by atoms with van der Waals surface area (Å²) >= 11 is 12.5. The molecule has 10 heteroatoms. The summed E-state index contributed by atoms with van der Waals surface area (Å²) < 4.78 is 16.6. The van der Waals surface area contributed by atoms with Crippen LogP contribution in [0, 0.1) is 5.92 Å². The summed E-state index contributed by atoms with van der Waals surface area (Å²) in [6.45, 7) is 1.75. The number of halogens is 2. The third-order valence-electron chi connectivity index (χ3n) is 5.85. The van der Waals surface area contributed by atoms with Crippen molar-refractivity contribution < 1.29 is 28.6 Å². The molecule has 4 rings (SSSR count). The van der Waals surface area contributed by atoms with Crippen LogP contribution in [0.4, 0.5) is 5.69 Å². The van der Waals surface area contributed by atoms with Gasteiger partial charge in [0.05, 0.1) is 24.8 Å². The minimum Gasteiger partial charge on any atom is -0.496 e. The van der Waals surface area contributed by atoms with Gasteiger partial charge in [-0.15, -0.1) is 0 Å². The van der Waals surface area contributed by atoms with Crippen molar-refractivity contribution >= 4 is 46.4 Å². The Balaban J connectivity index is 1.68. The van der Waals surface area contributed by atoms with E-state index in [4.69, 9.17) is 43.1 Å². The summed E-state index contributed by atoms with van der Waals surface area (Å²) in [6.07, 6.45) is 1.65. The smallest absolute Gasteiger partial charge is 0.250 e. The van der Waals surface area contributed by atoms with Gasteiger partial charge in [-0.25, -0.2) is 0 Å². The molecular formula is C23H20Cl2N2O6. The molecule has 0 saturated heterocycles. The zero-order valence-electron chi connectivity index (χ0n) is 18.0. The van der Waals surface area contributed by atoms with Gasteiger partial charge in [-0.05, 0) is 24.6 Å². The van der Waals surface area contributed by atoms with Crippen LogP contribution in [0.3, 0.4) is 0 Å². The van der Waals surface area contributed by atoms with E-state index in [1.165, 1.54) is 38.5 Å². The van der Waals surface area contributed by atoms with E-state index >= 15 is 0 Å². The number of anilines is 1. The molecule has 1 aliphatic heterocycles. The van der Waals surface area contributed by atoms with Gasteiger partial charge in [-0.3, -0.25) is 14.4 Å². The molecule has 1 aliphatic carbocycles. The third kappa shape index (κ3) is 3.50. The number of nitrogens with two attached hydrogens (primary N) is 1. The number of primary amides is 1. The number of allylic oxidation sites excluding steroid dienone is 1. The van der Waals surface area contributed by atoms with Crippen LogP contribution in [0.1, 0.15) is 34.1 Å². The molecule has 8 nitrogen and oxygen atoms in total. The minimum atomic E-state index is -1.76. The Bertz CT molecular complexity index is 1240. The fourth-order valence-electron chi connectivity index (χ4n) is 4.19. The number of hydrogen-bond donors (Lipinski definition) is 2. The highest BCUT2D eigenvalue weighted by atomic mass is 35.5. The Labute approximate surface area is 199 Å². The van der Waals surface area contributed by atoms with Gasteiger partial charge in [0.1, 0.15) is 22.1 Å². The number of nitrogens with one attached hydrogen (secondary N) is 1. The Morgan fingerprint density at radius 1 is 1.18 bits per heavy atom. The molecule has 2 aromatic rings. The average molecular weight is 491 g/mol. The lowest BCUT2D eigenvalue weighted by atomic mass is 9.74. The van der Waals surface area contributed by atoms with E-state index in [9.17, 15) is 14.4 Å². The maximum Gasteiger partial charge on any atom is 0.250 e. The van der Waals surface area contributed by atoms with Crippen LogP contribution in [0.15, 0.2) is 36.0 Å². The summed E-state index contributed by atoms with van der Waals surface area (Å²) in [5, 5.41) is 3.38. The highest BCUT2D eigenvalue weighted by Gasteiger charge is 2.60. The van der Waals surface area contributed by atoms with Gasteiger partial charge in [0.25, 0.3) is 0 Å². The molecule has 0 saturated carbocycles. The molecule has 0 fully saturated rings. The normalized spacial score (nSPS) is 21.4. The van der Waals surface area contributed by atoms with Crippen LogP contribution in [0.2, 0.25) is 10.0 Å². The summed E-state index contributed by atoms with van der Waals surface area (Å²) in [7, 11) is 2.83. The van der Waals surface area contributed by atoms with Gasteiger partial charge in [0.15, 0.2) is 5.75 Å². The standard InChI is InChI=1S/C23H20Cl2N2O6/c1-10-6-12(27-11-4-5-13(22(26)30)14(24)7-11)8-17(28)23(10)21(29)18-15(31-2)9-16(32-3)19(25)20(18)33-23/h4-5,7-10,27H,6H2,1-3H3,(H2,26,30). The van der Waals surface area contributed by atoms with Crippen molar-refractivity contribution in [2.75, 3.05) is 19.5 Å². The third-order valence-corrected chi connectivity index (χ3v) is 6.52. The number of hydrogen-bond acceptors (Lipinski definition) is 7. The lowest BCUT2D eigenvalue weighted by molar-refractivity contribution is -0.129. The van der Waals surface area contributed by atoms with Crippen molar-refractivity contribution in [3.05, 3.63) is 57.2 Å². The monoisotopic (exact) mass is 490 g/mol. The molecule has 1 heterocycles. The van der Waals surface area contributed by atoms with E-state index in [-0.39, 0.29) is 38.4 Å². The Kier molecular flexibility index (Phi) is 5.76. The number of benzene rings is 2. The molecule has 1 spiro atoms. The fourth-order valence-corrected chi connectivity index (χ4v) is 4.73. The van der Waals surface area contributed by atoms with Crippen LogP contribution in [0.25, 0.3) is 0 Å². The molecule has 0 bridgehead atoms. The van der Waals surface area contributed by atoms with Gasteiger partial charge in [0, 0.05) is 29.4 Å². The number of methoxy groups -OCH3 is 2. The van der Waals surface area contributed by atoms with Crippen molar-refractivity contribution in [3.8, 4) is 17.2 Å². The maximum atomic E-state index is 13.5. The van der Waals surface area contributed by atoms with Crippen molar-refractivity contribution in [2.24, 2.45) is 11.7 Å². The summed E-state index contributed by atoms with van der Waals surface area (Å²) in [6, 6.07) is 6.13. The molecule has 33 heavy (non-hydrogen) atoms. The lowest BCUT2D eigenvalue weighted by Gasteiger charge is -2.35. The molecule has 2 atom stereocenters. The second kappa shape index (κ2) is 8.28. The zero-order chi connectivity index (χ0) is 24.1. The van der Waals surface area contributed by atoms with E-state index in [2.05, 4.69) is 5.32 Å². The minimum absolute atomic E-state index is 0.0664. The molecule has 172 valence electrons. The SMILES string of the molecule is COc1cc(OC)c2c(c1Cl)OC1(C(=O)C=C(Nc3ccc(C(N)=O)c(Cl)c3)CC1C)C2=O. The van der Waals surface area contributed by atoms with Crippen LogP contribution < -0.4 is 25.3 Å². The van der Waals surface area contributed by atoms with E-state index < -0.39 is 29.0 Å². The highest BCUT2D eigenvalue weighted by molar-refractivity contribution is 6.36. The van der Waals surface area contributed by atoms with Crippen LogP contribution in [-0.2, 0) is 4.79 Å². The second-order valence-corrected chi connectivity index (χ2v) is 8.57. The van der Waals surface area contributed by atoms with Gasteiger partial charge in [0.2, 0.25) is 23.1 Å². The molecule has 0 radical (unpaired) electrons. The van der Waals surface area contributed by atoms with Crippen molar-refractivity contribution in [2.45, 2.75) is 18.9 Å². The lowest BCUT2D eigenvalue weighted by Crippen LogP contribution is -2.55. The number of ether oxygens (including phenoxy) is 3. The predicted molar refractivity (Wildman–Crippen MR) is 123 cm³/mol. The number of rotatable bonds is 5. The number of carbonyl (C=O) groups excluding carboxylic acids is 3. The molecule has 1 amide bonds. The fraction of sp³-hybridized carbons (Fsp3) is 0.261. The predicted octanol–water partition coefficient (Wildman–Crippen LogP) is 4.03. The first kappa shape index (κ1) is 22.9. The number of fused-ring (bicyclic) bond motifs is 1. The van der Waals surface area contributed by atoms with Crippen LogP contribution in [-0.4, -0.2) is 37.3 Å². The van der Waals surface area contributed by atoms with Gasteiger partial charge >= 0.3 is 0 Å². The number of ketones is 2. The Morgan fingerprint density at radius 2 is 1.88 bits per heavy atom. The molecule has 2 unspecified atom stereocenters. The Morgan fingerprint density at radius 3 is 2.45 bits per heavy atom. The molecule has 2 aromatic carbocycles. The van der Waals surface area contributed by atoms with E-state index in [1.54, 1.807) is 13.0 Å². The van der Waals surface area contributed by atoms with Crippen LogP contribution >= 0.6 is 23.2 Å². The van der Waals surface area contributed by atoms with Crippen LogP contribution in [0.5, 0.6) is 17.2 Å².